The zero-order chi connectivity index (χ0) is 11.8. The molecule has 0 amide bonds. The van der Waals surface area contributed by atoms with Crippen molar-refractivity contribution in [2.45, 2.75) is 5.75 Å². The molecule has 0 radical (unpaired) electrons. The van der Waals surface area contributed by atoms with Gasteiger partial charge < -0.3 is 4.98 Å². The minimum Gasteiger partial charge on any atom is -0.318 e. The molecular formula is C8H8N4O3S. The molecule has 0 saturated carbocycles. The summed E-state index contributed by atoms with van der Waals surface area (Å²) in [6.45, 7) is 0. The highest BCUT2D eigenvalue weighted by Crippen LogP contribution is 2.03. The van der Waals surface area contributed by atoms with E-state index in [1.54, 1.807) is 12.1 Å². The monoisotopic (exact) mass is 240 g/mol. The van der Waals surface area contributed by atoms with Crippen molar-refractivity contribution in [1.29, 1.82) is 0 Å². The number of rotatable bonds is 2. The van der Waals surface area contributed by atoms with Gasteiger partial charge in [-0.1, -0.05) is 0 Å². The van der Waals surface area contributed by atoms with Gasteiger partial charge in [0.15, 0.2) is 5.65 Å². The fraction of sp³-hybridized carbons (Fsp3) is 0.125. The van der Waals surface area contributed by atoms with Crippen LogP contribution in [-0.4, -0.2) is 23.4 Å². The molecule has 2 rings (SSSR count). The van der Waals surface area contributed by atoms with Crippen molar-refractivity contribution in [1.82, 2.24) is 15.0 Å². The number of H-pyrrole nitrogens is 1. The molecule has 0 saturated heterocycles. The maximum Gasteiger partial charge on any atom is 0.271 e. The largest absolute Gasteiger partial charge is 0.318 e. The lowest BCUT2D eigenvalue weighted by Crippen LogP contribution is -2.23. The highest BCUT2D eigenvalue weighted by Gasteiger charge is 2.11. The van der Waals surface area contributed by atoms with Crippen LogP contribution in [0.3, 0.4) is 0 Å². The van der Waals surface area contributed by atoms with Crippen LogP contribution < -0.4 is 10.7 Å². The third-order valence-electron chi connectivity index (χ3n) is 1.88. The highest BCUT2D eigenvalue weighted by molar-refractivity contribution is 7.88. The van der Waals surface area contributed by atoms with E-state index in [0.717, 1.165) is 0 Å². The third kappa shape index (κ3) is 2.23. The number of hydrogen-bond donors (Lipinski definition) is 2. The topological polar surface area (TPSA) is 119 Å². The van der Waals surface area contributed by atoms with Crippen molar-refractivity contribution in [3.63, 3.8) is 0 Å². The van der Waals surface area contributed by atoms with Gasteiger partial charge >= 0.3 is 0 Å². The van der Waals surface area contributed by atoms with E-state index in [2.05, 4.69) is 15.0 Å². The van der Waals surface area contributed by atoms with E-state index < -0.39 is 21.3 Å². The Hall–Kier alpha value is -1.80. The Balaban J connectivity index is 2.63. The standard InChI is InChI=1S/C8H8N4O3S/c9-16(14,15)4-6-8(13)12-5-2-1-3-10-7(5)11-6/h1-3H,4H2,(H,12,13)(H2,9,14,15). The summed E-state index contributed by atoms with van der Waals surface area (Å²) in [7, 11) is -3.78. The smallest absolute Gasteiger partial charge is 0.271 e. The van der Waals surface area contributed by atoms with E-state index in [4.69, 9.17) is 5.14 Å². The van der Waals surface area contributed by atoms with Crippen LogP contribution in [0.15, 0.2) is 23.1 Å². The van der Waals surface area contributed by atoms with Gasteiger partial charge in [-0.05, 0) is 12.1 Å². The first-order valence-corrected chi connectivity index (χ1v) is 6.02. The van der Waals surface area contributed by atoms with Crippen LogP contribution in [0.25, 0.3) is 11.2 Å². The molecule has 3 N–H and O–H groups in total. The van der Waals surface area contributed by atoms with Gasteiger partial charge in [-0.15, -0.1) is 0 Å². The van der Waals surface area contributed by atoms with Gasteiger partial charge in [0.25, 0.3) is 5.56 Å². The lowest BCUT2D eigenvalue weighted by atomic mass is 10.4. The number of fused-ring (bicyclic) bond motifs is 1. The highest BCUT2D eigenvalue weighted by atomic mass is 32.2. The normalized spacial score (nSPS) is 11.8. The molecule has 0 aliphatic heterocycles. The van der Waals surface area contributed by atoms with Crippen molar-refractivity contribution >= 4 is 21.2 Å². The van der Waals surface area contributed by atoms with Crippen LogP contribution in [0.2, 0.25) is 0 Å². The number of sulfonamides is 1. The molecule has 84 valence electrons. The molecule has 0 unspecified atom stereocenters. The van der Waals surface area contributed by atoms with E-state index in [0.29, 0.717) is 5.52 Å². The lowest BCUT2D eigenvalue weighted by Gasteiger charge is -1.99. The molecule has 0 aliphatic rings. The number of nitrogens with one attached hydrogen (secondary N) is 1. The van der Waals surface area contributed by atoms with Crippen molar-refractivity contribution in [3.05, 3.63) is 34.4 Å². The van der Waals surface area contributed by atoms with Gasteiger partial charge in [0.05, 0.1) is 5.52 Å². The quantitative estimate of drug-likeness (QED) is 0.705. The predicted octanol–water partition coefficient (Wildman–Crippen LogP) is -0.893. The zero-order valence-corrected chi connectivity index (χ0v) is 8.86. The van der Waals surface area contributed by atoms with Crippen molar-refractivity contribution in [3.8, 4) is 0 Å². The van der Waals surface area contributed by atoms with Crippen LogP contribution in [0.5, 0.6) is 0 Å². The minimum atomic E-state index is -3.78. The second kappa shape index (κ2) is 3.65. The Bertz CT molecular complexity index is 692. The molecule has 0 spiro atoms. The number of pyridine rings is 1. The van der Waals surface area contributed by atoms with Gasteiger partial charge in [-0.2, -0.15) is 0 Å². The third-order valence-corrected chi connectivity index (χ3v) is 2.55. The van der Waals surface area contributed by atoms with Crippen molar-refractivity contribution in [2.75, 3.05) is 0 Å². The van der Waals surface area contributed by atoms with E-state index in [9.17, 15) is 13.2 Å². The molecule has 0 aliphatic carbocycles. The van der Waals surface area contributed by atoms with Crippen LogP contribution in [0.4, 0.5) is 0 Å². The zero-order valence-electron chi connectivity index (χ0n) is 8.04. The van der Waals surface area contributed by atoms with E-state index in [-0.39, 0.29) is 11.3 Å². The van der Waals surface area contributed by atoms with E-state index in [1.807, 2.05) is 0 Å². The summed E-state index contributed by atoms with van der Waals surface area (Å²) < 4.78 is 21.7. The Morgan fingerprint density at radius 2 is 2.19 bits per heavy atom. The van der Waals surface area contributed by atoms with Crippen molar-refractivity contribution in [2.24, 2.45) is 5.14 Å². The van der Waals surface area contributed by atoms with Crippen LogP contribution in [0.1, 0.15) is 5.69 Å². The molecule has 2 aromatic heterocycles. The van der Waals surface area contributed by atoms with Gasteiger partial charge in [0.1, 0.15) is 11.4 Å². The maximum absolute atomic E-state index is 11.4. The van der Waals surface area contributed by atoms with Crippen LogP contribution >= 0.6 is 0 Å². The van der Waals surface area contributed by atoms with E-state index in [1.165, 1.54) is 6.20 Å². The number of nitrogens with two attached hydrogens (primary N) is 1. The van der Waals surface area contributed by atoms with Crippen LogP contribution in [0, 0.1) is 0 Å². The predicted molar refractivity (Wildman–Crippen MR) is 57.0 cm³/mol. The fourth-order valence-corrected chi connectivity index (χ4v) is 1.82. The number of aromatic amines is 1. The van der Waals surface area contributed by atoms with E-state index >= 15 is 0 Å². The summed E-state index contributed by atoms with van der Waals surface area (Å²) in [5.41, 5.74) is -0.00496. The molecule has 7 nitrogen and oxygen atoms in total. The summed E-state index contributed by atoms with van der Waals surface area (Å²) in [6, 6.07) is 3.26. The summed E-state index contributed by atoms with van der Waals surface area (Å²) >= 11 is 0. The number of primary sulfonamides is 1. The fourth-order valence-electron chi connectivity index (χ4n) is 1.25. The Kier molecular flexibility index (Phi) is 2.44. The van der Waals surface area contributed by atoms with Gasteiger partial charge in [-0.3, -0.25) is 4.79 Å². The maximum atomic E-state index is 11.4. The van der Waals surface area contributed by atoms with Gasteiger partial charge in [0, 0.05) is 6.20 Å². The SMILES string of the molecule is NS(=O)(=O)Cc1nc2ncccc2[nH]c1=O. The molecule has 2 aromatic rings. The average Bonchev–Trinajstić information content (AvgIpc) is 2.17. The molecular weight excluding hydrogens is 232 g/mol. The summed E-state index contributed by atoms with van der Waals surface area (Å²) in [4.78, 5) is 21.7. The number of hydrogen-bond acceptors (Lipinski definition) is 5. The Morgan fingerprint density at radius 3 is 2.88 bits per heavy atom. The average molecular weight is 240 g/mol. The van der Waals surface area contributed by atoms with Gasteiger partial charge in [-0.25, -0.2) is 23.5 Å². The Labute approximate surface area is 90.4 Å². The summed E-state index contributed by atoms with van der Waals surface area (Å²) in [5.74, 6) is -0.602. The molecule has 0 bridgehead atoms. The second-order valence-corrected chi connectivity index (χ2v) is 4.81. The second-order valence-electron chi connectivity index (χ2n) is 3.19. The molecule has 8 heteroatoms. The number of aromatic nitrogens is 3. The first-order valence-electron chi connectivity index (χ1n) is 4.30. The van der Waals surface area contributed by atoms with Crippen molar-refractivity contribution < 1.29 is 8.42 Å². The van der Waals surface area contributed by atoms with Crippen LogP contribution in [-0.2, 0) is 15.8 Å². The van der Waals surface area contributed by atoms with Gasteiger partial charge in [0.2, 0.25) is 10.0 Å². The molecule has 16 heavy (non-hydrogen) atoms. The lowest BCUT2D eigenvalue weighted by molar-refractivity contribution is 0.596. The summed E-state index contributed by atoms with van der Waals surface area (Å²) in [6.07, 6.45) is 1.49. The number of nitrogens with zero attached hydrogens (tertiary/aromatic N) is 2. The Morgan fingerprint density at radius 1 is 1.44 bits per heavy atom. The summed E-state index contributed by atoms with van der Waals surface area (Å²) in [5, 5.41) is 4.84. The molecule has 0 aromatic carbocycles. The molecule has 2 heterocycles. The first-order chi connectivity index (χ1) is 7.46. The molecule has 0 fully saturated rings. The minimum absolute atomic E-state index is 0.159. The molecule has 0 atom stereocenters. The first kappa shape index (κ1) is 10.7.